The lowest BCUT2D eigenvalue weighted by Gasteiger charge is -2.29. The molecule has 0 unspecified atom stereocenters. The molecule has 0 spiro atoms. The molecule has 0 saturated heterocycles. The normalized spacial score (nSPS) is 16.8. The molecule has 0 atom stereocenters. The Labute approximate surface area is 120 Å². The molecule has 1 aliphatic carbocycles. The minimum Gasteiger partial charge on any atom is -0.382 e. The van der Waals surface area contributed by atoms with Crippen LogP contribution in [0.1, 0.15) is 44.7 Å². The first-order valence-electron chi connectivity index (χ1n) is 7.32. The van der Waals surface area contributed by atoms with Crippen LogP contribution in [0, 0.1) is 16.7 Å². The number of hydrogen-bond acceptors (Lipinski definition) is 5. The van der Waals surface area contributed by atoms with Crippen molar-refractivity contribution in [3.05, 3.63) is 18.1 Å². The molecular formula is C15H22N4O. The van der Waals surface area contributed by atoms with Crippen molar-refractivity contribution in [3.63, 3.8) is 0 Å². The van der Waals surface area contributed by atoms with Crippen LogP contribution >= 0.6 is 0 Å². The Kier molecular flexibility index (Phi) is 5.31. The Morgan fingerprint density at radius 3 is 2.80 bits per heavy atom. The summed E-state index contributed by atoms with van der Waals surface area (Å²) >= 11 is 0. The van der Waals surface area contributed by atoms with Crippen molar-refractivity contribution in [1.29, 1.82) is 5.26 Å². The summed E-state index contributed by atoms with van der Waals surface area (Å²) in [7, 11) is 0. The average molecular weight is 274 g/mol. The summed E-state index contributed by atoms with van der Waals surface area (Å²) in [6.07, 6.45) is 9.22. The highest BCUT2D eigenvalue weighted by molar-refractivity contribution is 5.46. The Morgan fingerprint density at radius 1 is 1.35 bits per heavy atom. The molecule has 1 aliphatic rings. The van der Waals surface area contributed by atoms with Gasteiger partial charge < -0.3 is 10.1 Å². The van der Waals surface area contributed by atoms with Gasteiger partial charge in [-0.15, -0.1) is 0 Å². The van der Waals surface area contributed by atoms with Crippen LogP contribution in [0.25, 0.3) is 0 Å². The zero-order valence-corrected chi connectivity index (χ0v) is 12.1. The van der Waals surface area contributed by atoms with Gasteiger partial charge in [0.05, 0.1) is 0 Å². The monoisotopic (exact) mass is 274 g/mol. The molecule has 5 heteroatoms. The second-order valence-corrected chi connectivity index (χ2v) is 5.37. The van der Waals surface area contributed by atoms with E-state index < -0.39 is 0 Å². The number of hydrogen-bond donors (Lipinski definition) is 1. The fraction of sp³-hybridized carbons (Fsp3) is 0.667. The fourth-order valence-corrected chi connectivity index (χ4v) is 2.89. The van der Waals surface area contributed by atoms with E-state index in [1.165, 1.54) is 25.7 Å². The van der Waals surface area contributed by atoms with Crippen molar-refractivity contribution in [2.45, 2.75) is 39.0 Å². The number of aromatic nitrogens is 2. The summed E-state index contributed by atoms with van der Waals surface area (Å²) < 4.78 is 5.51. The summed E-state index contributed by atoms with van der Waals surface area (Å²) in [5.41, 5.74) is 0.643. The average Bonchev–Trinajstić information content (AvgIpc) is 2.95. The number of rotatable bonds is 7. The standard InChI is InChI=1S/C15H22N4O/c1-2-20-10-7-15(5-3-4-6-15)12-19-14-13(11-16)17-8-9-18-14/h8-9H,2-7,10,12H2,1H3,(H,18,19). The van der Waals surface area contributed by atoms with Crippen molar-refractivity contribution in [2.75, 3.05) is 25.1 Å². The van der Waals surface area contributed by atoms with E-state index >= 15 is 0 Å². The molecule has 1 fully saturated rings. The zero-order chi connectivity index (χ0) is 14.3. The van der Waals surface area contributed by atoms with E-state index in [-0.39, 0.29) is 5.41 Å². The summed E-state index contributed by atoms with van der Waals surface area (Å²) in [5, 5.41) is 12.4. The Balaban J connectivity index is 1.97. The van der Waals surface area contributed by atoms with Crippen LogP contribution in [0.3, 0.4) is 0 Å². The van der Waals surface area contributed by atoms with Gasteiger partial charge in [-0.25, -0.2) is 9.97 Å². The molecule has 1 heterocycles. The largest absolute Gasteiger partial charge is 0.382 e. The second-order valence-electron chi connectivity index (χ2n) is 5.37. The van der Waals surface area contributed by atoms with Gasteiger partial charge in [-0.05, 0) is 31.6 Å². The maximum atomic E-state index is 9.04. The van der Waals surface area contributed by atoms with Crippen molar-refractivity contribution in [2.24, 2.45) is 5.41 Å². The maximum Gasteiger partial charge on any atom is 0.182 e. The number of anilines is 1. The van der Waals surface area contributed by atoms with Crippen LogP contribution in [0.2, 0.25) is 0 Å². The lowest BCUT2D eigenvalue weighted by Crippen LogP contribution is -2.29. The molecule has 1 aromatic heterocycles. The van der Waals surface area contributed by atoms with Crippen LogP contribution in [-0.2, 0) is 4.74 Å². The highest BCUT2D eigenvalue weighted by Gasteiger charge is 2.33. The molecule has 0 amide bonds. The van der Waals surface area contributed by atoms with Crippen LogP contribution in [0.5, 0.6) is 0 Å². The van der Waals surface area contributed by atoms with Gasteiger partial charge in [-0.3, -0.25) is 0 Å². The SMILES string of the molecule is CCOCCC1(CNc2nccnc2C#N)CCCC1. The van der Waals surface area contributed by atoms with Gasteiger partial charge in [-0.2, -0.15) is 5.26 Å². The molecule has 1 N–H and O–H groups in total. The number of nitrogens with one attached hydrogen (secondary N) is 1. The molecule has 1 saturated carbocycles. The quantitative estimate of drug-likeness (QED) is 0.774. The lowest BCUT2D eigenvalue weighted by molar-refractivity contribution is 0.108. The summed E-state index contributed by atoms with van der Waals surface area (Å²) in [6, 6.07) is 2.07. The van der Waals surface area contributed by atoms with Gasteiger partial charge >= 0.3 is 0 Å². The van der Waals surface area contributed by atoms with Gasteiger partial charge in [0, 0.05) is 32.2 Å². The van der Waals surface area contributed by atoms with E-state index in [1.54, 1.807) is 12.4 Å². The highest BCUT2D eigenvalue weighted by atomic mass is 16.5. The Morgan fingerprint density at radius 2 is 2.10 bits per heavy atom. The zero-order valence-electron chi connectivity index (χ0n) is 12.1. The van der Waals surface area contributed by atoms with E-state index in [0.717, 1.165) is 26.2 Å². The molecule has 0 aromatic carbocycles. The van der Waals surface area contributed by atoms with E-state index in [2.05, 4.69) is 21.4 Å². The first-order chi connectivity index (χ1) is 9.79. The molecule has 1 aromatic rings. The molecule has 0 bridgehead atoms. The summed E-state index contributed by atoms with van der Waals surface area (Å²) in [5.74, 6) is 0.595. The van der Waals surface area contributed by atoms with Gasteiger partial charge in [-0.1, -0.05) is 12.8 Å². The van der Waals surface area contributed by atoms with Gasteiger partial charge in [0.1, 0.15) is 6.07 Å². The van der Waals surface area contributed by atoms with Crippen LogP contribution in [-0.4, -0.2) is 29.7 Å². The second kappa shape index (κ2) is 7.20. The number of ether oxygens (including phenoxy) is 1. The van der Waals surface area contributed by atoms with Crippen LogP contribution in [0.4, 0.5) is 5.82 Å². The Hall–Kier alpha value is -1.67. The van der Waals surface area contributed by atoms with Gasteiger partial charge in [0.2, 0.25) is 0 Å². The highest BCUT2D eigenvalue weighted by Crippen LogP contribution is 2.41. The molecule has 5 nitrogen and oxygen atoms in total. The van der Waals surface area contributed by atoms with E-state index in [1.807, 2.05) is 6.92 Å². The molecule has 20 heavy (non-hydrogen) atoms. The fourth-order valence-electron chi connectivity index (χ4n) is 2.89. The molecule has 108 valence electrons. The third-order valence-electron chi connectivity index (χ3n) is 4.08. The molecule has 0 aliphatic heterocycles. The van der Waals surface area contributed by atoms with E-state index in [9.17, 15) is 0 Å². The van der Waals surface area contributed by atoms with E-state index in [4.69, 9.17) is 10.00 Å². The van der Waals surface area contributed by atoms with Crippen LogP contribution < -0.4 is 5.32 Å². The molecule has 2 rings (SSSR count). The summed E-state index contributed by atoms with van der Waals surface area (Å²) in [6.45, 7) is 4.45. The van der Waals surface area contributed by atoms with E-state index in [0.29, 0.717) is 11.5 Å². The smallest absolute Gasteiger partial charge is 0.182 e. The minimum atomic E-state index is 0.277. The predicted molar refractivity (Wildman–Crippen MR) is 77.2 cm³/mol. The number of nitriles is 1. The van der Waals surface area contributed by atoms with Crippen molar-refractivity contribution < 1.29 is 4.74 Å². The number of nitrogens with zero attached hydrogens (tertiary/aromatic N) is 3. The van der Waals surface area contributed by atoms with Crippen LogP contribution in [0.15, 0.2) is 12.4 Å². The van der Waals surface area contributed by atoms with Gasteiger partial charge in [0.25, 0.3) is 0 Å². The third kappa shape index (κ3) is 3.67. The lowest BCUT2D eigenvalue weighted by atomic mass is 9.83. The third-order valence-corrected chi connectivity index (χ3v) is 4.08. The first kappa shape index (κ1) is 14.7. The van der Waals surface area contributed by atoms with Crippen molar-refractivity contribution in [1.82, 2.24) is 9.97 Å². The van der Waals surface area contributed by atoms with Gasteiger partial charge in [0.15, 0.2) is 11.5 Å². The summed E-state index contributed by atoms with van der Waals surface area (Å²) in [4.78, 5) is 8.24. The van der Waals surface area contributed by atoms with Crippen molar-refractivity contribution in [3.8, 4) is 6.07 Å². The topological polar surface area (TPSA) is 70.8 Å². The first-order valence-corrected chi connectivity index (χ1v) is 7.32. The predicted octanol–water partition coefficient (Wildman–Crippen LogP) is 2.75. The Bertz CT molecular complexity index is 463. The minimum absolute atomic E-state index is 0.277. The molecular weight excluding hydrogens is 252 g/mol. The van der Waals surface area contributed by atoms with Crippen molar-refractivity contribution >= 4 is 5.82 Å². The maximum absolute atomic E-state index is 9.04. The molecule has 0 radical (unpaired) electrons.